The van der Waals surface area contributed by atoms with Crippen molar-refractivity contribution in [3.8, 4) is 11.1 Å². The van der Waals surface area contributed by atoms with Crippen LogP contribution in [0.4, 0.5) is 0 Å². The van der Waals surface area contributed by atoms with Crippen LogP contribution in [0, 0.1) is 5.41 Å². The fourth-order valence-corrected chi connectivity index (χ4v) is 5.43. The second-order valence-corrected chi connectivity index (χ2v) is 8.07. The van der Waals surface area contributed by atoms with Gasteiger partial charge in [0.05, 0.1) is 0 Å². The highest BCUT2D eigenvalue weighted by molar-refractivity contribution is 5.79. The van der Waals surface area contributed by atoms with Gasteiger partial charge in [0, 0.05) is 11.8 Å². The van der Waals surface area contributed by atoms with Gasteiger partial charge in [0.25, 0.3) is 0 Å². The van der Waals surface area contributed by atoms with E-state index in [1.807, 2.05) is 0 Å². The standard InChI is InChI=1S/C27H24/c1-3-18-27(2,25-17-16-19-10-4-5-11-20(19)25)26-23-14-8-6-12-21(23)22-13-7-9-15-24(22)26/h3-17,25-26H,1,18H2,2H3. The molecule has 0 spiro atoms. The zero-order valence-electron chi connectivity index (χ0n) is 15.7. The Kier molecular flexibility index (Phi) is 3.68. The molecular formula is C27H24. The average Bonchev–Trinajstić information content (AvgIpc) is 3.28. The predicted molar refractivity (Wildman–Crippen MR) is 115 cm³/mol. The summed E-state index contributed by atoms with van der Waals surface area (Å²) in [6.07, 6.45) is 7.80. The molecule has 2 aliphatic carbocycles. The maximum Gasteiger partial charge on any atom is 0.0167 e. The Balaban J connectivity index is 1.73. The molecule has 2 aliphatic rings. The summed E-state index contributed by atoms with van der Waals surface area (Å²) in [5, 5.41) is 0. The van der Waals surface area contributed by atoms with Crippen LogP contribution in [0.15, 0.2) is 91.5 Å². The highest BCUT2D eigenvalue weighted by atomic mass is 14.5. The van der Waals surface area contributed by atoms with Crippen LogP contribution in [0.2, 0.25) is 0 Å². The molecule has 0 heteroatoms. The molecule has 0 N–H and O–H groups in total. The molecule has 0 aliphatic heterocycles. The smallest absolute Gasteiger partial charge is 0.0167 e. The van der Waals surface area contributed by atoms with Gasteiger partial charge in [-0.15, -0.1) is 6.58 Å². The second kappa shape index (κ2) is 6.09. The summed E-state index contributed by atoms with van der Waals surface area (Å²) in [4.78, 5) is 0. The summed E-state index contributed by atoms with van der Waals surface area (Å²) < 4.78 is 0. The fraction of sp³-hybridized carbons (Fsp3) is 0.185. The molecule has 0 fully saturated rings. The molecule has 0 nitrogen and oxygen atoms in total. The number of hydrogen-bond donors (Lipinski definition) is 0. The van der Waals surface area contributed by atoms with Gasteiger partial charge < -0.3 is 0 Å². The Morgan fingerprint density at radius 3 is 2.00 bits per heavy atom. The zero-order chi connectivity index (χ0) is 18.4. The van der Waals surface area contributed by atoms with E-state index in [0.717, 1.165) is 6.42 Å². The summed E-state index contributed by atoms with van der Waals surface area (Å²) in [6.45, 7) is 6.59. The minimum atomic E-state index is 0.0353. The maximum atomic E-state index is 4.13. The van der Waals surface area contributed by atoms with E-state index in [4.69, 9.17) is 0 Å². The van der Waals surface area contributed by atoms with Crippen molar-refractivity contribution >= 4 is 6.08 Å². The van der Waals surface area contributed by atoms with Crippen LogP contribution in [0.5, 0.6) is 0 Å². The highest BCUT2D eigenvalue weighted by Crippen LogP contribution is 2.60. The molecule has 0 aromatic heterocycles. The monoisotopic (exact) mass is 348 g/mol. The van der Waals surface area contributed by atoms with E-state index in [0.29, 0.717) is 11.8 Å². The SMILES string of the molecule is C=CCC(C)(C1C=Cc2ccccc21)C1c2ccccc2-c2ccccc21. The van der Waals surface area contributed by atoms with Crippen LogP contribution in [0.3, 0.4) is 0 Å². The van der Waals surface area contributed by atoms with Crippen LogP contribution >= 0.6 is 0 Å². The first-order valence-electron chi connectivity index (χ1n) is 9.80. The Morgan fingerprint density at radius 2 is 1.37 bits per heavy atom. The topological polar surface area (TPSA) is 0 Å². The summed E-state index contributed by atoms with van der Waals surface area (Å²) in [5.41, 5.74) is 8.54. The molecular weight excluding hydrogens is 324 g/mol. The largest absolute Gasteiger partial charge is 0.103 e. The van der Waals surface area contributed by atoms with Gasteiger partial charge in [-0.25, -0.2) is 0 Å². The Morgan fingerprint density at radius 1 is 0.815 bits per heavy atom. The Labute approximate surface area is 161 Å². The van der Waals surface area contributed by atoms with Crippen LogP contribution in [-0.2, 0) is 0 Å². The van der Waals surface area contributed by atoms with Crippen LogP contribution in [0.1, 0.15) is 47.4 Å². The minimum Gasteiger partial charge on any atom is -0.103 e. The van der Waals surface area contributed by atoms with Gasteiger partial charge >= 0.3 is 0 Å². The lowest BCUT2D eigenvalue weighted by atomic mass is 9.61. The molecule has 27 heavy (non-hydrogen) atoms. The molecule has 0 amide bonds. The molecule has 3 aromatic carbocycles. The predicted octanol–water partition coefficient (Wildman–Crippen LogP) is 7.19. The summed E-state index contributed by atoms with van der Waals surface area (Å²) in [6, 6.07) is 26.7. The molecule has 0 saturated heterocycles. The first-order chi connectivity index (χ1) is 13.2. The Bertz CT molecular complexity index is 1010. The lowest BCUT2D eigenvalue weighted by Crippen LogP contribution is -2.31. The minimum absolute atomic E-state index is 0.0353. The van der Waals surface area contributed by atoms with E-state index < -0.39 is 0 Å². The van der Waals surface area contributed by atoms with Crippen LogP contribution in [-0.4, -0.2) is 0 Å². The van der Waals surface area contributed by atoms with E-state index >= 15 is 0 Å². The van der Waals surface area contributed by atoms with Crippen molar-refractivity contribution in [2.75, 3.05) is 0 Å². The molecule has 0 heterocycles. The van der Waals surface area contributed by atoms with Gasteiger partial charge in [-0.1, -0.05) is 97.9 Å². The lowest BCUT2D eigenvalue weighted by molar-refractivity contribution is 0.255. The summed E-state index contributed by atoms with van der Waals surface area (Å²) >= 11 is 0. The van der Waals surface area contributed by atoms with Gasteiger partial charge in [-0.05, 0) is 45.2 Å². The summed E-state index contributed by atoms with van der Waals surface area (Å²) in [5.74, 6) is 0.750. The molecule has 0 radical (unpaired) electrons. The van der Waals surface area contributed by atoms with Crippen molar-refractivity contribution in [3.05, 3.63) is 114 Å². The molecule has 0 bridgehead atoms. The van der Waals surface area contributed by atoms with Gasteiger partial charge in [-0.3, -0.25) is 0 Å². The third-order valence-corrected chi connectivity index (χ3v) is 6.59. The van der Waals surface area contributed by atoms with Crippen molar-refractivity contribution in [2.24, 2.45) is 5.41 Å². The molecule has 2 unspecified atom stereocenters. The van der Waals surface area contributed by atoms with Crippen molar-refractivity contribution in [1.82, 2.24) is 0 Å². The highest BCUT2D eigenvalue weighted by Gasteiger charge is 2.46. The van der Waals surface area contributed by atoms with Gasteiger partial charge in [-0.2, -0.15) is 0 Å². The van der Waals surface area contributed by atoms with Gasteiger partial charge in [0.1, 0.15) is 0 Å². The van der Waals surface area contributed by atoms with Crippen LogP contribution in [0.25, 0.3) is 17.2 Å². The molecule has 132 valence electrons. The first kappa shape index (κ1) is 16.3. The van der Waals surface area contributed by atoms with Crippen LogP contribution < -0.4 is 0 Å². The molecule has 0 saturated carbocycles. The molecule has 5 rings (SSSR count). The normalized spacial score (nSPS) is 19.2. The van der Waals surface area contributed by atoms with E-state index in [1.165, 1.54) is 33.4 Å². The Hall–Kier alpha value is -2.86. The van der Waals surface area contributed by atoms with E-state index in [2.05, 4.69) is 105 Å². The average molecular weight is 348 g/mol. The first-order valence-corrected chi connectivity index (χ1v) is 9.80. The third kappa shape index (κ3) is 2.29. The van der Waals surface area contributed by atoms with Crippen molar-refractivity contribution in [1.29, 1.82) is 0 Å². The number of fused-ring (bicyclic) bond motifs is 4. The van der Waals surface area contributed by atoms with E-state index in [1.54, 1.807) is 0 Å². The zero-order valence-corrected chi connectivity index (χ0v) is 15.7. The number of hydrogen-bond acceptors (Lipinski definition) is 0. The van der Waals surface area contributed by atoms with Crippen molar-refractivity contribution in [2.45, 2.75) is 25.2 Å². The van der Waals surface area contributed by atoms with E-state index in [9.17, 15) is 0 Å². The second-order valence-electron chi connectivity index (χ2n) is 8.07. The quantitative estimate of drug-likeness (QED) is 0.438. The lowest BCUT2D eigenvalue weighted by Gasteiger charge is -2.41. The number of benzene rings is 3. The van der Waals surface area contributed by atoms with Gasteiger partial charge in [0.2, 0.25) is 0 Å². The fourth-order valence-electron chi connectivity index (χ4n) is 5.43. The maximum absolute atomic E-state index is 4.13. The third-order valence-electron chi connectivity index (χ3n) is 6.59. The van der Waals surface area contributed by atoms with Crippen molar-refractivity contribution < 1.29 is 0 Å². The van der Waals surface area contributed by atoms with E-state index in [-0.39, 0.29) is 5.41 Å². The molecule has 2 atom stereocenters. The molecule has 3 aromatic rings. The van der Waals surface area contributed by atoms with Gasteiger partial charge in [0.15, 0.2) is 0 Å². The number of rotatable bonds is 4. The summed E-state index contributed by atoms with van der Waals surface area (Å²) in [7, 11) is 0. The number of allylic oxidation sites excluding steroid dienone is 2. The van der Waals surface area contributed by atoms with Crippen molar-refractivity contribution in [3.63, 3.8) is 0 Å².